The maximum absolute atomic E-state index is 12.4. The van der Waals surface area contributed by atoms with Gasteiger partial charge in [0.05, 0.1) is 25.3 Å². The average Bonchev–Trinajstić information content (AvgIpc) is 2.68. The van der Waals surface area contributed by atoms with Gasteiger partial charge in [-0.1, -0.05) is 11.6 Å². The molecule has 1 amide bonds. The molecule has 0 radical (unpaired) electrons. The lowest BCUT2D eigenvalue weighted by molar-refractivity contribution is -0.136. The molecule has 0 atom stereocenters. The first kappa shape index (κ1) is 17.5. The minimum Gasteiger partial charge on any atom is -0.378 e. The van der Waals surface area contributed by atoms with Gasteiger partial charge in [-0.15, -0.1) is 0 Å². The van der Waals surface area contributed by atoms with Gasteiger partial charge in [0.25, 0.3) is 0 Å². The van der Waals surface area contributed by atoms with E-state index in [1.54, 1.807) is 0 Å². The van der Waals surface area contributed by atoms with Gasteiger partial charge in [0.15, 0.2) is 0 Å². The summed E-state index contributed by atoms with van der Waals surface area (Å²) < 4.78 is 5.32. The van der Waals surface area contributed by atoms with Crippen molar-refractivity contribution in [2.24, 2.45) is 0 Å². The number of benzene rings is 1. The van der Waals surface area contributed by atoms with Crippen molar-refractivity contribution in [1.29, 1.82) is 0 Å². The number of nitrogens with zero attached hydrogens (tertiary/aromatic N) is 4. The van der Waals surface area contributed by atoms with E-state index in [1.807, 2.05) is 29.3 Å². The normalized spacial score (nSPS) is 19.1. The Bertz CT molecular complexity index is 786. The van der Waals surface area contributed by atoms with Crippen LogP contribution in [0.15, 0.2) is 30.5 Å². The summed E-state index contributed by atoms with van der Waals surface area (Å²) in [7, 11) is 0. The number of carbonyl (C=O) groups excluding carboxylic acids is 1. The van der Waals surface area contributed by atoms with Crippen LogP contribution >= 0.6 is 11.6 Å². The molecule has 0 N–H and O–H groups in total. The first-order chi connectivity index (χ1) is 12.7. The highest BCUT2D eigenvalue weighted by molar-refractivity contribution is 6.31. The van der Waals surface area contributed by atoms with Gasteiger partial charge in [0.2, 0.25) is 5.91 Å². The smallest absolute Gasteiger partial charge is 0.236 e. The summed E-state index contributed by atoms with van der Waals surface area (Å²) in [4.78, 5) is 23.4. The van der Waals surface area contributed by atoms with Crippen LogP contribution in [0.4, 0.5) is 5.69 Å². The number of aromatic nitrogens is 1. The van der Waals surface area contributed by atoms with Gasteiger partial charge in [0.1, 0.15) is 0 Å². The number of halogens is 1. The Hall–Kier alpha value is -1.89. The predicted molar refractivity (Wildman–Crippen MR) is 103 cm³/mol. The molecule has 2 saturated heterocycles. The number of hydrogen-bond donors (Lipinski definition) is 0. The van der Waals surface area contributed by atoms with E-state index in [0.717, 1.165) is 37.1 Å². The molecule has 0 aliphatic carbocycles. The molecule has 0 bridgehead atoms. The zero-order valence-electron chi connectivity index (χ0n) is 14.7. The van der Waals surface area contributed by atoms with Crippen molar-refractivity contribution in [2.45, 2.75) is 0 Å². The van der Waals surface area contributed by atoms with Gasteiger partial charge in [-0.3, -0.25) is 14.7 Å². The molecule has 2 aromatic rings. The molecule has 6 nitrogen and oxygen atoms in total. The molecule has 2 fully saturated rings. The largest absolute Gasteiger partial charge is 0.378 e. The molecule has 0 spiro atoms. The summed E-state index contributed by atoms with van der Waals surface area (Å²) in [6.45, 7) is 6.80. The summed E-state index contributed by atoms with van der Waals surface area (Å²) in [5.74, 6) is 0.214. The van der Waals surface area contributed by atoms with E-state index < -0.39 is 0 Å². The Morgan fingerprint density at radius 2 is 1.85 bits per heavy atom. The molecule has 2 aliphatic heterocycles. The third-order valence-electron chi connectivity index (χ3n) is 5.12. The minimum atomic E-state index is 0.214. The van der Waals surface area contributed by atoms with E-state index in [2.05, 4.69) is 20.9 Å². The first-order valence-corrected chi connectivity index (χ1v) is 9.45. The highest BCUT2D eigenvalue weighted by atomic mass is 35.5. The topological polar surface area (TPSA) is 48.9 Å². The van der Waals surface area contributed by atoms with Gasteiger partial charge < -0.3 is 14.5 Å². The number of hydrogen-bond acceptors (Lipinski definition) is 5. The van der Waals surface area contributed by atoms with Crippen LogP contribution in [0.3, 0.4) is 0 Å². The number of piperazine rings is 1. The summed E-state index contributed by atoms with van der Waals surface area (Å²) >= 11 is 6.08. The number of pyridine rings is 1. The molecule has 3 heterocycles. The number of rotatable bonds is 3. The fourth-order valence-electron chi connectivity index (χ4n) is 3.63. The second-order valence-electron chi connectivity index (χ2n) is 6.75. The van der Waals surface area contributed by atoms with Crippen LogP contribution in [0.5, 0.6) is 0 Å². The van der Waals surface area contributed by atoms with Crippen molar-refractivity contribution in [3.63, 3.8) is 0 Å². The number of morpholine rings is 1. The van der Waals surface area contributed by atoms with Crippen molar-refractivity contribution >= 4 is 34.1 Å². The number of fused-ring (bicyclic) bond motifs is 1. The highest BCUT2D eigenvalue weighted by Crippen LogP contribution is 2.28. The standard InChI is InChI=1S/C19H23ClN4O2/c20-15-1-2-16-17(13-15)21-4-3-18(16)23-7-5-22(6-8-23)14-19(25)24-9-11-26-12-10-24/h1-4,13H,5-12,14H2. The molecule has 7 heteroatoms. The lowest BCUT2D eigenvalue weighted by Gasteiger charge is -2.37. The predicted octanol–water partition coefficient (Wildman–Crippen LogP) is 1.87. The fourth-order valence-corrected chi connectivity index (χ4v) is 3.80. The van der Waals surface area contributed by atoms with E-state index in [-0.39, 0.29) is 5.91 Å². The summed E-state index contributed by atoms with van der Waals surface area (Å²) in [6.07, 6.45) is 1.84. The van der Waals surface area contributed by atoms with Crippen molar-refractivity contribution in [3.05, 3.63) is 35.5 Å². The Balaban J connectivity index is 1.38. The second-order valence-corrected chi connectivity index (χ2v) is 7.18. The van der Waals surface area contributed by atoms with Crippen LogP contribution in [-0.2, 0) is 9.53 Å². The quantitative estimate of drug-likeness (QED) is 0.820. The maximum Gasteiger partial charge on any atom is 0.236 e. The summed E-state index contributed by atoms with van der Waals surface area (Å²) in [6, 6.07) is 7.91. The molecule has 26 heavy (non-hydrogen) atoms. The number of amides is 1. The van der Waals surface area contributed by atoms with Crippen LogP contribution in [0.25, 0.3) is 10.9 Å². The SMILES string of the molecule is O=C(CN1CCN(c2ccnc3cc(Cl)ccc23)CC1)N1CCOCC1. The Morgan fingerprint density at radius 3 is 2.62 bits per heavy atom. The summed E-state index contributed by atoms with van der Waals surface area (Å²) in [5.41, 5.74) is 2.10. The van der Waals surface area contributed by atoms with Crippen molar-refractivity contribution in [1.82, 2.24) is 14.8 Å². The van der Waals surface area contributed by atoms with Crippen LogP contribution in [0, 0.1) is 0 Å². The Kier molecular flexibility index (Phi) is 5.24. The zero-order chi connectivity index (χ0) is 17.9. The molecule has 2 aliphatic rings. The molecule has 0 saturated carbocycles. The number of carbonyl (C=O) groups is 1. The monoisotopic (exact) mass is 374 g/mol. The molecule has 1 aromatic carbocycles. The highest BCUT2D eigenvalue weighted by Gasteiger charge is 2.23. The van der Waals surface area contributed by atoms with Gasteiger partial charge in [0, 0.05) is 61.6 Å². The van der Waals surface area contributed by atoms with Crippen LogP contribution < -0.4 is 4.90 Å². The molecule has 1 aromatic heterocycles. The van der Waals surface area contributed by atoms with Crippen LogP contribution in [0.2, 0.25) is 5.02 Å². The van der Waals surface area contributed by atoms with Crippen LogP contribution in [-0.4, -0.2) is 79.7 Å². The van der Waals surface area contributed by atoms with Gasteiger partial charge in [-0.05, 0) is 24.3 Å². The van der Waals surface area contributed by atoms with E-state index in [4.69, 9.17) is 16.3 Å². The van der Waals surface area contributed by atoms with E-state index in [0.29, 0.717) is 37.9 Å². The van der Waals surface area contributed by atoms with Crippen molar-refractivity contribution < 1.29 is 9.53 Å². The van der Waals surface area contributed by atoms with Gasteiger partial charge in [-0.25, -0.2) is 0 Å². The molecule has 4 rings (SSSR count). The van der Waals surface area contributed by atoms with E-state index in [9.17, 15) is 4.79 Å². The maximum atomic E-state index is 12.4. The lowest BCUT2D eigenvalue weighted by Crippen LogP contribution is -2.51. The third-order valence-corrected chi connectivity index (χ3v) is 5.35. The average molecular weight is 375 g/mol. The van der Waals surface area contributed by atoms with Crippen LogP contribution in [0.1, 0.15) is 0 Å². The van der Waals surface area contributed by atoms with Crippen molar-refractivity contribution in [2.75, 3.05) is 63.9 Å². The molecule has 138 valence electrons. The van der Waals surface area contributed by atoms with E-state index in [1.165, 1.54) is 5.69 Å². The lowest BCUT2D eigenvalue weighted by atomic mass is 10.1. The molecular weight excluding hydrogens is 352 g/mol. The molecule has 0 unspecified atom stereocenters. The fraction of sp³-hybridized carbons (Fsp3) is 0.474. The molecular formula is C19H23ClN4O2. The third kappa shape index (κ3) is 3.77. The Labute approximate surface area is 158 Å². The first-order valence-electron chi connectivity index (χ1n) is 9.08. The Morgan fingerprint density at radius 1 is 1.08 bits per heavy atom. The second kappa shape index (κ2) is 7.78. The summed E-state index contributed by atoms with van der Waals surface area (Å²) in [5, 5.41) is 1.82. The van der Waals surface area contributed by atoms with Gasteiger partial charge >= 0.3 is 0 Å². The zero-order valence-corrected chi connectivity index (χ0v) is 15.5. The van der Waals surface area contributed by atoms with Crippen molar-refractivity contribution in [3.8, 4) is 0 Å². The minimum absolute atomic E-state index is 0.214. The number of ether oxygens (including phenoxy) is 1. The number of anilines is 1. The van der Waals surface area contributed by atoms with Gasteiger partial charge in [-0.2, -0.15) is 0 Å². The van der Waals surface area contributed by atoms with E-state index >= 15 is 0 Å².